The van der Waals surface area contributed by atoms with Crippen LogP contribution in [0.3, 0.4) is 0 Å². The second-order valence-corrected chi connectivity index (χ2v) is 8.07. The third-order valence-electron chi connectivity index (χ3n) is 4.61. The molecule has 0 radical (unpaired) electrons. The lowest BCUT2D eigenvalue weighted by atomic mass is 10.1. The first-order chi connectivity index (χ1) is 13.6. The maximum Gasteiger partial charge on any atom is 0.264 e. The number of carbonyl (C=O) groups excluding carboxylic acids is 1. The van der Waals surface area contributed by atoms with Crippen molar-refractivity contribution in [3.05, 3.63) is 63.5 Å². The average molecular weight is 414 g/mol. The highest BCUT2D eigenvalue weighted by molar-refractivity contribution is 8.18. The maximum atomic E-state index is 12.3. The average Bonchev–Trinajstić information content (AvgIpc) is 3.05. The number of amides is 1. The maximum absolute atomic E-state index is 12.3. The fourth-order valence-electron chi connectivity index (χ4n) is 3.05. The summed E-state index contributed by atoms with van der Waals surface area (Å²) in [6, 6.07) is 13.8. The number of anilines is 1. The van der Waals surface area contributed by atoms with Crippen LogP contribution in [0.15, 0.2) is 52.4 Å². The number of ether oxygens (including phenoxy) is 1. The fourth-order valence-corrected chi connectivity index (χ4v) is 4.05. The molecule has 2 aromatic carbocycles. The van der Waals surface area contributed by atoms with Crippen molar-refractivity contribution in [2.75, 3.05) is 31.2 Å². The minimum atomic E-state index is -0.138. The molecule has 0 atom stereocenters. The van der Waals surface area contributed by atoms with E-state index in [-0.39, 0.29) is 5.91 Å². The summed E-state index contributed by atoms with van der Waals surface area (Å²) in [4.78, 5) is 19.8. The van der Waals surface area contributed by atoms with Gasteiger partial charge in [0.05, 0.1) is 23.8 Å². The highest BCUT2D eigenvalue weighted by atomic mass is 35.5. The minimum absolute atomic E-state index is 0.138. The lowest BCUT2D eigenvalue weighted by Crippen LogP contribution is -2.36. The molecule has 2 heterocycles. The molecule has 2 aliphatic heterocycles. The second-order valence-electron chi connectivity index (χ2n) is 6.60. The first-order valence-electron chi connectivity index (χ1n) is 9.07. The van der Waals surface area contributed by atoms with E-state index in [4.69, 9.17) is 16.3 Å². The Labute approximate surface area is 173 Å². The van der Waals surface area contributed by atoms with Crippen molar-refractivity contribution < 1.29 is 9.53 Å². The highest BCUT2D eigenvalue weighted by Gasteiger charge is 2.24. The Morgan fingerprint density at radius 2 is 1.93 bits per heavy atom. The fraction of sp³-hybridized carbons (Fsp3) is 0.238. The molecular weight excluding hydrogens is 394 g/mol. The van der Waals surface area contributed by atoms with Gasteiger partial charge >= 0.3 is 0 Å². The molecule has 0 aromatic heterocycles. The van der Waals surface area contributed by atoms with Crippen LogP contribution in [-0.2, 0) is 9.53 Å². The lowest BCUT2D eigenvalue weighted by molar-refractivity contribution is -0.115. The molecule has 2 aromatic rings. The smallest absolute Gasteiger partial charge is 0.264 e. The summed E-state index contributed by atoms with van der Waals surface area (Å²) in [5, 5.41) is 4.01. The number of aliphatic imine (C=N–C) groups is 1. The zero-order chi connectivity index (χ0) is 19.5. The third-order valence-corrected chi connectivity index (χ3v) is 5.76. The summed E-state index contributed by atoms with van der Waals surface area (Å²) in [6.07, 6.45) is 1.89. The van der Waals surface area contributed by atoms with E-state index in [1.54, 1.807) is 6.07 Å². The van der Waals surface area contributed by atoms with Gasteiger partial charge in [0.15, 0.2) is 5.17 Å². The zero-order valence-corrected chi connectivity index (χ0v) is 17.0. The molecule has 0 spiro atoms. The van der Waals surface area contributed by atoms with Gasteiger partial charge < -0.3 is 15.0 Å². The molecule has 2 saturated heterocycles. The van der Waals surface area contributed by atoms with Crippen LogP contribution in [0, 0.1) is 6.92 Å². The monoisotopic (exact) mass is 413 g/mol. The number of benzene rings is 2. The van der Waals surface area contributed by atoms with Crippen LogP contribution in [0.1, 0.15) is 11.1 Å². The summed E-state index contributed by atoms with van der Waals surface area (Å²) in [6.45, 7) is 5.29. The molecule has 4 rings (SSSR count). The van der Waals surface area contributed by atoms with Gasteiger partial charge in [0.25, 0.3) is 5.91 Å². The molecule has 1 amide bonds. The second kappa shape index (κ2) is 8.39. The Balaban J connectivity index is 1.50. The Morgan fingerprint density at radius 3 is 2.68 bits per heavy atom. The van der Waals surface area contributed by atoms with Crippen molar-refractivity contribution in [3.8, 4) is 0 Å². The Kier molecular flexibility index (Phi) is 5.71. The number of rotatable bonds is 3. The highest BCUT2D eigenvalue weighted by Crippen LogP contribution is 2.30. The van der Waals surface area contributed by atoms with Gasteiger partial charge in [-0.3, -0.25) is 4.79 Å². The predicted octanol–water partition coefficient (Wildman–Crippen LogP) is 4.38. The molecule has 2 aliphatic rings. The van der Waals surface area contributed by atoms with Crippen molar-refractivity contribution in [2.45, 2.75) is 6.92 Å². The third kappa shape index (κ3) is 4.41. The largest absolute Gasteiger partial charge is 0.378 e. The minimum Gasteiger partial charge on any atom is -0.378 e. The van der Waals surface area contributed by atoms with Gasteiger partial charge in [-0.05, 0) is 60.2 Å². The molecule has 2 fully saturated rings. The number of thioether (sulfide) groups is 1. The normalized spacial score (nSPS) is 20.1. The standard InChI is InChI=1S/C21H20ClN3O2S/c1-14-2-5-16(22)13-18(14)23-21-24-20(26)19(28-21)12-15-3-6-17(7-4-15)25-8-10-27-11-9-25/h2-7,12-13H,8-11H2,1H3,(H,23,24,26)/b19-12-. The van der Waals surface area contributed by atoms with E-state index in [0.29, 0.717) is 15.1 Å². The number of halogens is 1. The number of hydrogen-bond acceptors (Lipinski definition) is 5. The molecule has 7 heteroatoms. The molecular formula is C21H20ClN3O2S. The number of amidine groups is 1. The number of morpholine rings is 1. The summed E-state index contributed by atoms with van der Waals surface area (Å²) < 4.78 is 5.39. The first-order valence-corrected chi connectivity index (χ1v) is 10.3. The van der Waals surface area contributed by atoms with E-state index in [0.717, 1.165) is 43.1 Å². The van der Waals surface area contributed by atoms with Crippen molar-refractivity contribution in [2.24, 2.45) is 4.99 Å². The van der Waals surface area contributed by atoms with Gasteiger partial charge in [-0.15, -0.1) is 0 Å². The quantitative estimate of drug-likeness (QED) is 0.759. The van der Waals surface area contributed by atoms with E-state index in [1.807, 2.05) is 37.3 Å². The summed E-state index contributed by atoms with van der Waals surface area (Å²) in [5.41, 5.74) is 3.91. The van der Waals surface area contributed by atoms with Crippen LogP contribution in [0.25, 0.3) is 6.08 Å². The van der Waals surface area contributed by atoms with E-state index < -0.39 is 0 Å². The molecule has 1 N–H and O–H groups in total. The van der Waals surface area contributed by atoms with E-state index in [1.165, 1.54) is 17.4 Å². The van der Waals surface area contributed by atoms with Crippen molar-refractivity contribution in [3.63, 3.8) is 0 Å². The Hall–Kier alpha value is -2.28. The summed E-state index contributed by atoms with van der Waals surface area (Å²) in [5.74, 6) is -0.138. The van der Waals surface area contributed by atoms with E-state index in [2.05, 4.69) is 27.3 Å². The van der Waals surface area contributed by atoms with Crippen LogP contribution in [0.4, 0.5) is 11.4 Å². The Morgan fingerprint density at radius 1 is 1.18 bits per heavy atom. The number of nitrogens with one attached hydrogen (secondary N) is 1. The van der Waals surface area contributed by atoms with Gasteiger partial charge in [-0.25, -0.2) is 4.99 Å². The molecule has 28 heavy (non-hydrogen) atoms. The van der Waals surface area contributed by atoms with Gasteiger partial charge in [0.2, 0.25) is 0 Å². The van der Waals surface area contributed by atoms with E-state index in [9.17, 15) is 4.79 Å². The van der Waals surface area contributed by atoms with E-state index >= 15 is 0 Å². The lowest BCUT2D eigenvalue weighted by Gasteiger charge is -2.28. The molecule has 0 bridgehead atoms. The zero-order valence-electron chi connectivity index (χ0n) is 15.4. The molecule has 0 unspecified atom stereocenters. The summed E-state index contributed by atoms with van der Waals surface area (Å²) >= 11 is 7.39. The van der Waals surface area contributed by atoms with Crippen LogP contribution >= 0.6 is 23.4 Å². The molecule has 0 saturated carbocycles. The number of nitrogens with zero attached hydrogens (tertiary/aromatic N) is 2. The molecule has 144 valence electrons. The van der Waals surface area contributed by atoms with Crippen molar-refractivity contribution in [1.82, 2.24) is 5.32 Å². The SMILES string of the molecule is Cc1ccc(Cl)cc1N=C1NC(=O)/C(=C/c2ccc(N3CCOCC3)cc2)S1. The van der Waals surface area contributed by atoms with Crippen molar-refractivity contribution in [1.29, 1.82) is 0 Å². The first kappa shape index (κ1) is 19.1. The van der Waals surface area contributed by atoms with Gasteiger partial charge in [-0.1, -0.05) is 29.8 Å². The summed E-state index contributed by atoms with van der Waals surface area (Å²) in [7, 11) is 0. The van der Waals surface area contributed by atoms with Crippen LogP contribution in [0.2, 0.25) is 5.02 Å². The molecule has 5 nitrogen and oxygen atoms in total. The topological polar surface area (TPSA) is 53.9 Å². The van der Waals surface area contributed by atoms with Crippen LogP contribution in [-0.4, -0.2) is 37.4 Å². The number of carbonyl (C=O) groups is 1. The molecule has 0 aliphatic carbocycles. The van der Waals surface area contributed by atoms with Crippen LogP contribution in [0.5, 0.6) is 0 Å². The van der Waals surface area contributed by atoms with Gasteiger partial charge in [0.1, 0.15) is 0 Å². The van der Waals surface area contributed by atoms with Gasteiger partial charge in [-0.2, -0.15) is 0 Å². The number of aryl methyl sites for hydroxylation is 1. The predicted molar refractivity (Wildman–Crippen MR) is 116 cm³/mol. The Bertz CT molecular complexity index is 951. The van der Waals surface area contributed by atoms with Crippen LogP contribution < -0.4 is 10.2 Å². The van der Waals surface area contributed by atoms with Gasteiger partial charge in [0, 0.05) is 23.8 Å². The van der Waals surface area contributed by atoms with Crippen molar-refractivity contribution >= 4 is 51.9 Å². The number of hydrogen-bond donors (Lipinski definition) is 1.